The lowest BCUT2D eigenvalue weighted by atomic mass is 9.81. The number of anilines is 2. The van der Waals surface area contributed by atoms with Crippen LogP contribution in [0.1, 0.15) is 35.2 Å². The number of fused-ring (bicyclic) bond motifs is 1. The minimum absolute atomic E-state index is 0.172. The van der Waals surface area contributed by atoms with Gasteiger partial charge in [-0.3, -0.25) is 4.79 Å². The van der Waals surface area contributed by atoms with Crippen molar-refractivity contribution in [1.29, 1.82) is 0 Å². The third-order valence-electron chi connectivity index (χ3n) is 5.48. The van der Waals surface area contributed by atoms with Gasteiger partial charge in [0.15, 0.2) is 5.78 Å². The first-order chi connectivity index (χ1) is 13.7. The molecule has 1 aliphatic heterocycles. The first-order valence-electron chi connectivity index (χ1n) is 9.40. The Hall–Kier alpha value is -3.05. The summed E-state index contributed by atoms with van der Waals surface area (Å²) in [4.78, 5) is 14.6. The fourth-order valence-electron chi connectivity index (χ4n) is 4.13. The second kappa shape index (κ2) is 6.84. The molecule has 1 aromatic heterocycles. The number of para-hydroxylation sites is 2. The summed E-state index contributed by atoms with van der Waals surface area (Å²) in [6.07, 6.45) is 1.33. The van der Waals surface area contributed by atoms with Crippen molar-refractivity contribution < 1.29 is 9.90 Å². The standard InChI is InChI=1S/C23H20N2O2S/c26-16-9-7-14(8-10-16)23-22-19(24-17-4-1-2-5-18(17)25-23)12-15(13-20(22)27)21-6-3-11-28-21/h1-11,15,23-26H,12-13H2/t15-,23+/m0/s1. The molecule has 2 aliphatic rings. The highest BCUT2D eigenvalue weighted by Gasteiger charge is 2.36. The minimum atomic E-state index is -0.247. The van der Waals surface area contributed by atoms with E-state index in [0.717, 1.165) is 34.6 Å². The Labute approximate surface area is 167 Å². The zero-order valence-corrected chi connectivity index (χ0v) is 16.0. The number of carbonyl (C=O) groups is 1. The van der Waals surface area contributed by atoms with Crippen LogP contribution in [0.4, 0.5) is 11.4 Å². The number of phenols is 1. The molecule has 28 heavy (non-hydrogen) atoms. The second-order valence-corrected chi connectivity index (χ2v) is 8.25. The van der Waals surface area contributed by atoms with E-state index in [1.165, 1.54) is 4.88 Å². The molecule has 5 rings (SSSR count). The van der Waals surface area contributed by atoms with E-state index in [9.17, 15) is 9.90 Å². The summed E-state index contributed by atoms with van der Waals surface area (Å²) in [5.74, 6) is 0.604. The third-order valence-corrected chi connectivity index (χ3v) is 6.52. The Kier molecular flexibility index (Phi) is 4.17. The molecule has 0 spiro atoms. The van der Waals surface area contributed by atoms with Gasteiger partial charge in [0.05, 0.1) is 17.4 Å². The summed E-state index contributed by atoms with van der Waals surface area (Å²) in [5.41, 5.74) is 4.71. The van der Waals surface area contributed by atoms with Gasteiger partial charge < -0.3 is 15.7 Å². The maximum absolute atomic E-state index is 13.3. The van der Waals surface area contributed by atoms with Crippen LogP contribution in [-0.4, -0.2) is 10.9 Å². The molecule has 2 atom stereocenters. The Balaban J connectivity index is 1.62. The summed E-state index contributed by atoms with van der Waals surface area (Å²) in [5, 5.41) is 18.9. The van der Waals surface area contributed by atoms with Crippen LogP contribution in [-0.2, 0) is 4.79 Å². The van der Waals surface area contributed by atoms with Gasteiger partial charge in [0.2, 0.25) is 0 Å². The van der Waals surface area contributed by atoms with E-state index in [2.05, 4.69) is 22.1 Å². The zero-order chi connectivity index (χ0) is 19.1. The molecule has 2 aromatic carbocycles. The number of allylic oxidation sites excluding steroid dienone is 1. The van der Waals surface area contributed by atoms with E-state index >= 15 is 0 Å². The van der Waals surface area contributed by atoms with E-state index in [-0.39, 0.29) is 23.5 Å². The van der Waals surface area contributed by atoms with Crippen LogP contribution in [0, 0.1) is 0 Å². The van der Waals surface area contributed by atoms with Gasteiger partial charge in [0.1, 0.15) is 5.75 Å². The molecular weight excluding hydrogens is 368 g/mol. The van der Waals surface area contributed by atoms with E-state index in [0.29, 0.717) is 6.42 Å². The first-order valence-corrected chi connectivity index (χ1v) is 10.3. The lowest BCUT2D eigenvalue weighted by Crippen LogP contribution is -2.26. The van der Waals surface area contributed by atoms with Crippen molar-refractivity contribution >= 4 is 28.5 Å². The fourth-order valence-corrected chi connectivity index (χ4v) is 4.96. The van der Waals surface area contributed by atoms with Crippen molar-refractivity contribution in [2.45, 2.75) is 24.8 Å². The molecule has 5 heteroatoms. The molecule has 1 aliphatic carbocycles. The number of ketones is 1. The Morgan fingerprint density at radius 3 is 2.46 bits per heavy atom. The molecule has 3 aromatic rings. The quantitative estimate of drug-likeness (QED) is 0.548. The average Bonchev–Trinajstić information content (AvgIpc) is 3.18. The molecule has 0 amide bonds. The predicted molar refractivity (Wildman–Crippen MR) is 113 cm³/mol. The van der Waals surface area contributed by atoms with Crippen molar-refractivity contribution in [2.24, 2.45) is 0 Å². The van der Waals surface area contributed by atoms with E-state index in [4.69, 9.17) is 0 Å². The summed E-state index contributed by atoms with van der Waals surface area (Å²) >= 11 is 1.71. The molecule has 0 unspecified atom stereocenters. The number of aromatic hydroxyl groups is 1. The third kappa shape index (κ3) is 2.98. The number of hydrogen-bond donors (Lipinski definition) is 3. The van der Waals surface area contributed by atoms with Gasteiger partial charge in [0, 0.05) is 28.5 Å². The fraction of sp³-hybridized carbons (Fsp3) is 0.174. The largest absolute Gasteiger partial charge is 0.508 e. The predicted octanol–water partition coefficient (Wildman–Crippen LogP) is 5.43. The smallest absolute Gasteiger partial charge is 0.163 e. The van der Waals surface area contributed by atoms with Crippen molar-refractivity contribution in [1.82, 2.24) is 0 Å². The van der Waals surface area contributed by atoms with Crippen LogP contribution in [0.25, 0.3) is 0 Å². The van der Waals surface area contributed by atoms with E-state index in [1.54, 1.807) is 23.5 Å². The van der Waals surface area contributed by atoms with Crippen LogP contribution in [0.15, 0.2) is 77.3 Å². The molecule has 4 nitrogen and oxygen atoms in total. The Bertz CT molecular complexity index is 1050. The van der Waals surface area contributed by atoms with Gasteiger partial charge in [-0.05, 0) is 47.7 Å². The van der Waals surface area contributed by atoms with Crippen LogP contribution < -0.4 is 10.6 Å². The summed E-state index contributed by atoms with van der Waals surface area (Å²) in [7, 11) is 0. The topological polar surface area (TPSA) is 61.4 Å². The van der Waals surface area contributed by atoms with Crippen LogP contribution >= 0.6 is 11.3 Å². The number of phenolic OH excluding ortho intramolecular Hbond substituents is 1. The van der Waals surface area contributed by atoms with Crippen molar-refractivity contribution in [3.8, 4) is 5.75 Å². The highest BCUT2D eigenvalue weighted by Crippen LogP contribution is 2.44. The van der Waals surface area contributed by atoms with Gasteiger partial charge in [-0.1, -0.05) is 30.3 Å². The maximum Gasteiger partial charge on any atom is 0.163 e. The highest BCUT2D eigenvalue weighted by molar-refractivity contribution is 7.10. The van der Waals surface area contributed by atoms with Crippen LogP contribution in [0.3, 0.4) is 0 Å². The number of thiophene rings is 1. The molecule has 0 saturated carbocycles. The summed E-state index contributed by atoms with van der Waals surface area (Å²) in [6.45, 7) is 0. The van der Waals surface area contributed by atoms with E-state index in [1.807, 2.05) is 42.5 Å². The monoisotopic (exact) mass is 388 g/mol. The van der Waals surface area contributed by atoms with Crippen LogP contribution in [0.2, 0.25) is 0 Å². The van der Waals surface area contributed by atoms with Gasteiger partial charge >= 0.3 is 0 Å². The average molecular weight is 388 g/mol. The molecule has 0 radical (unpaired) electrons. The normalized spacial score (nSPS) is 21.2. The van der Waals surface area contributed by atoms with Crippen LogP contribution in [0.5, 0.6) is 5.75 Å². The van der Waals surface area contributed by atoms with Gasteiger partial charge in [-0.25, -0.2) is 0 Å². The number of carbonyl (C=O) groups excluding carboxylic acids is 1. The molecule has 140 valence electrons. The number of Topliss-reactive ketones (excluding diaryl/α,β-unsaturated/α-hetero) is 1. The second-order valence-electron chi connectivity index (χ2n) is 7.28. The SMILES string of the molecule is O=C1C[C@@H](c2cccs2)CC2=C1[C@@H](c1ccc(O)cc1)Nc1ccccc1N2. The maximum atomic E-state index is 13.3. The molecule has 2 heterocycles. The molecule has 0 bridgehead atoms. The van der Waals surface area contributed by atoms with Crippen molar-refractivity contribution in [2.75, 3.05) is 10.6 Å². The number of hydrogen-bond acceptors (Lipinski definition) is 5. The summed E-state index contributed by atoms with van der Waals surface area (Å²) < 4.78 is 0. The summed E-state index contributed by atoms with van der Waals surface area (Å²) in [6, 6.07) is 19.1. The zero-order valence-electron chi connectivity index (χ0n) is 15.2. The lowest BCUT2D eigenvalue weighted by Gasteiger charge is -2.29. The Morgan fingerprint density at radius 2 is 1.71 bits per heavy atom. The Morgan fingerprint density at radius 1 is 0.929 bits per heavy atom. The number of nitrogens with one attached hydrogen (secondary N) is 2. The van der Waals surface area contributed by atoms with Crippen molar-refractivity contribution in [3.63, 3.8) is 0 Å². The number of rotatable bonds is 2. The van der Waals surface area contributed by atoms with Crippen molar-refractivity contribution in [3.05, 3.63) is 87.8 Å². The first kappa shape index (κ1) is 17.1. The van der Waals surface area contributed by atoms with Gasteiger partial charge in [-0.15, -0.1) is 11.3 Å². The molecular formula is C23H20N2O2S. The highest BCUT2D eigenvalue weighted by atomic mass is 32.1. The molecule has 0 fully saturated rings. The lowest BCUT2D eigenvalue weighted by molar-refractivity contribution is -0.116. The minimum Gasteiger partial charge on any atom is -0.508 e. The molecule has 0 saturated heterocycles. The van der Waals surface area contributed by atoms with Gasteiger partial charge in [-0.2, -0.15) is 0 Å². The molecule has 3 N–H and O–H groups in total. The van der Waals surface area contributed by atoms with Gasteiger partial charge in [0.25, 0.3) is 0 Å². The number of benzene rings is 2. The van der Waals surface area contributed by atoms with E-state index < -0.39 is 0 Å².